The summed E-state index contributed by atoms with van der Waals surface area (Å²) in [6, 6.07) is 6.79. The van der Waals surface area contributed by atoms with E-state index in [2.05, 4.69) is 16.6 Å². The summed E-state index contributed by atoms with van der Waals surface area (Å²) in [6.07, 6.45) is 5.23. The van der Waals surface area contributed by atoms with Crippen LogP contribution in [0.2, 0.25) is 0 Å². The van der Waals surface area contributed by atoms with Crippen molar-refractivity contribution in [3.8, 4) is 12.3 Å². The number of anilines is 1. The summed E-state index contributed by atoms with van der Waals surface area (Å²) in [5, 5.41) is 5.24. The summed E-state index contributed by atoms with van der Waals surface area (Å²) in [7, 11) is 0. The van der Waals surface area contributed by atoms with Gasteiger partial charge in [0, 0.05) is 24.3 Å². The first-order chi connectivity index (χ1) is 7.26. The average Bonchev–Trinajstić information content (AvgIpc) is 2.26. The van der Waals surface area contributed by atoms with E-state index in [4.69, 9.17) is 12.2 Å². The van der Waals surface area contributed by atoms with E-state index >= 15 is 0 Å². The van der Waals surface area contributed by atoms with Crippen LogP contribution in [0.1, 0.15) is 5.56 Å². The smallest absolute Gasteiger partial charge is 0.319 e. The molecule has 0 aliphatic heterocycles. The minimum Gasteiger partial charge on any atom is -0.337 e. The Morgan fingerprint density at radius 3 is 3.00 bits per heavy atom. The predicted molar refractivity (Wildman–Crippen MR) is 60.5 cm³/mol. The van der Waals surface area contributed by atoms with Gasteiger partial charge in [-0.25, -0.2) is 4.79 Å². The Morgan fingerprint density at radius 2 is 2.33 bits per heavy atom. The Morgan fingerprint density at radius 1 is 1.53 bits per heavy atom. The number of terminal acetylenes is 1. The summed E-state index contributed by atoms with van der Waals surface area (Å²) >= 11 is 0. The van der Waals surface area contributed by atoms with Crippen LogP contribution in [0.25, 0.3) is 0 Å². The van der Waals surface area contributed by atoms with Crippen molar-refractivity contribution in [3.63, 3.8) is 0 Å². The molecule has 0 aliphatic carbocycles. The zero-order valence-electron chi connectivity index (χ0n) is 8.29. The Kier molecular flexibility index (Phi) is 4.20. The molecule has 0 fully saturated rings. The van der Waals surface area contributed by atoms with Gasteiger partial charge in [-0.1, -0.05) is 12.0 Å². The number of hydrogen-bond acceptors (Lipinski definition) is 2. The van der Waals surface area contributed by atoms with E-state index < -0.39 is 0 Å². The van der Waals surface area contributed by atoms with Crippen LogP contribution in [0.4, 0.5) is 10.5 Å². The van der Waals surface area contributed by atoms with Crippen LogP contribution in [-0.2, 0) is 0 Å². The first-order valence-corrected chi connectivity index (χ1v) is 4.58. The number of carbonyl (C=O) groups is 1. The highest BCUT2D eigenvalue weighted by Crippen LogP contribution is 2.08. The maximum atomic E-state index is 11.2. The molecule has 0 unspecified atom stereocenters. The summed E-state index contributed by atoms with van der Waals surface area (Å²) in [5.41, 5.74) is 6.64. The number of rotatable bonds is 3. The number of amides is 2. The minimum absolute atomic E-state index is 0.283. The van der Waals surface area contributed by atoms with Crippen molar-refractivity contribution in [1.82, 2.24) is 5.32 Å². The lowest BCUT2D eigenvalue weighted by molar-refractivity contribution is 0.252. The third-order valence-electron chi connectivity index (χ3n) is 1.72. The molecule has 1 aromatic carbocycles. The van der Waals surface area contributed by atoms with Crippen LogP contribution in [0, 0.1) is 12.3 Å². The Labute approximate surface area is 88.9 Å². The highest BCUT2D eigenvalue weighted by Gasteiger charge is 1.99. The number of nitrogens with one attached hydrogen (secondary N) is 2. The molecular weight excluding hydrogens is 190 g/mol. The Balaban J connectivity index is 2.57. The fourth-order valence-corrected chi connectivity index (χ4v) is 1.05. The molecule has 4 N–H and O–H groups in total. The van der Waals surface area contributed by atoms with E-state index in [9.17, 15) is 4.79 Å². The molecule has 0 saturated carbocycles. The number of carbonyl (C=O) groups excluding carboxylic acids is 1. The topological polar surface area (TPSA) is 67.2 Å². The van der Waals surface area contributed by atoms with E-state index in [1.807, 2.05) is 0 Å². The lowest BCUT2D eigenvalue weighted by atomic mass is 10.2. The number of nitrogens with two attached hydrogens (primary N) is 1. The SMILES string of the molecule is C#Cc1cccc(NC(=O)NCCN)c1. The summed E-state index contributed by atoms with van der Waals surface area (Å²) in [5.74, 6) is 2.49. The van der Waals surface area contributed by atoms with Crippen LogP contribution in [-0.4, -0.2) is 19.1 Å². The van der Waals surface area contributed by atoms with Gasteiger partial charge in [-0.2, -0.15) is 0 Å². The first kappa shape index (κ1) is 11.1. The quantitative estimate of drug-likeness (QED) is 0.634. The van der Waals surface area contributed by atoms with Crippen LogP contribution in [0.5, 0.6) is 0 Å². The predicted octanol–water partition coefficient (Wildman–Crippen LogP) is 0.748. The second-order valence-corrected chi connectivity index (χ2v) is 2.89. The maximum absolute atomic E-state index is 11.2. The molecule has 0 radical (unpaired) electrons. The van der Waals surface area contributed by atoms with Crippen molar-refractivity contribution in [2.24, 2.45) is 5.73 Å². The van der Waals surface area contributed by atoms with Crippen molar-refractivity contribution in [2.45, 2.75) is 0 Å². The zero-order valence-corrected chi connectivity index (χ0v) is 8.29. The Bertz CT molecular complexity index is 382. The molecule has 1 rings (SSSR count). The second-order valence-electron chi connectivity index (χ2n) is 2.89. The van der Waals surface area contributed by atoms with Crippen molar-refractivity contribution >= 4 is 11.7 Å². The van der Waals surface area contributed by atoms with Crippen LogP contribution in [0.3, 0.4) is 0 Å². The average molecular weight is 203 g/mol. The maximum Gasteiger partial charge on any atom is 0.319 e. The van der Waals surface area contributed by atoms with Gasteiger partial charge in [-0.3, -0.25) is 0 Å². The standard InChI is InChI=1S/C11H13N3O/c1-2-9-4-3-5-10(8-9)14-11(15)13-7-6-12/h1,3-5,8H,6-7,12H2,(H2,13,14,15). The van der Waals surface area contributed by atoms with Crippen LogP contribution < -0.4 is 16.4 Å². The van der Waals surface area contributed by atoms with E-state index in [1.54, 1.807) is 24.3 Å². The normalized spacial score (nSPS) is 9.07. The van der Waals surface area contributed by atoms with E-state index in [-0.39, 0.29) is 6.03 Å². The fourth-order valence-electron chi connectivity index (χ4n) is 1.05. The Hall–Kier alpha value is -1.99. The van der Waals surface area contributed by atoms with E-state index in [0.29, 0.717) is 18.8 Å². The molecule has 0 saturated heterocycles. The second kappa shape index (κ2) is 5.68. The molecule has 0 aliphatic rings. The van der Waals surface area contributed by atoms with Gasteiger partial charge in [-0.05, 0) is 18.2 Å². The lowest BCUT2D eigenvalue weighted by Crippen LogP contribution is -2.32. The van der Waals surface area contributed by atoms with E-state index in [0.717, 1.165) is 5.56 Å². The van der Waals surface area contributed by atoms with Gasteiger partial charge in [0.2, 0.25) is 0 Å². The largest absolute Gasteiger partial charge is 0.337 e. The highest BCUT2D eigenvalue weighted by atomic mass is 16.2. The summed E-state index contributed by atoms with van der Waals surface area (Å²) in [6.45, 7) is 0.860. The molecule has 2 amide bonds. The molecule has 0 atom stereocenters. The van der Waals surface area contributed by atoms with Gasteiger partial charge in [-0.15, -0.1) is 6.42 Å². The summed E-state index contributed by atoms with van der Waals surface area (Å²) in [4.78, 5) is 11.2. The molecule has 0 heterocycles. The number of benzene rings is 1. The monoisotopic (exact) mass is 203 g/mol. The van der Waals surface area contributed by atoms with E-state index in [1.165, 1.54) is 0 Å². The highest BCUT2D eigenvalue weighted by molar-refractivity contribution is 5.89. The molecule has 1 aromatic rings. The molecule has 0 spiro atoms. The molecule has 4 nitrogen and oxygen atoms in total. The number of hydrogen-bond donors (Lipinski definition) is 3. The zero-order chi connectivity index (χ0) is 11.1. The fraction of sp³-hybridized carbons (Fsp3) is 0.182. The molecule has 4 heteroatoms. The van der Waals surface area contributed by atoms with Crippen LogP contribution >= 0.6 is 0 Å². The van der Waals surface area contributed by atoms with Crippen molar-refractivity contribution in [1.29, 1.82) is 0 Å². The van der Waals surface area contributed by atoms with Gasteiger partial charge in [0.1, 0.15) is 0 Å². The summed E-state index contributed by atoms with van der Waals surface area (Å²) < 4.78 is 0. The van der Waals surface area contributed by atoms with Crippen molar-refractivity contribution < 1.29 is 4.79 Å². The molecule has 15 heavy (non-hydrogen) atoms. The van der Waals surface area contributed by atoms with Gasteiger partial charge in [0.25, 0.3) is 0 Å². The van der Waals surface area contributed by atoms with Crippen molar-refractivity contribution in [3.05, 3.63) is 29.8 Å². The van der Waals surface area contributed by atoms with Gasteiger partial charge < -0.3 is 16.4 Å². The minimum atomic E-state index is -0.283. The number of urea groups is 1. The third kappa shape index (κ3) is 3.71. The van der Waals surface area contributed by atoms with Crippen molar-refractivity contribution in [2.75, 3.05) is 18.4 Å². The lowest BCUT2D eigenvalue weighted by Gasteiger charge is -2.06. The van der Waals surface area contributed by atoms with Crippen LogP contribution in [0.15, 0.2) is 24.3 Å². The third-order valence-corrected chi connectivity index (χ3v) is 1.72. The van der Waals surface area contributed by atoms with Gasteiger partial charge >= 0.3 is 6.03 Å². The molecule has 0 bridgehead atoms. The van der Waals surface area contributed by atoms with Gasteiger partial charge in [0.15, 0.2) is 0 Å². The molecular formula is C11H13N3O. The van der Waals surface area contributed by atoms with Gasteiger partial charge in [0.05, 0.1) is 0 Å². The first-order valence-electron chi connectivity index (χ1n) is 4.58. The molecule has 0 aromatic heterocycles. The molecule has 78 valence electrons.